The SMILES string of the molecule is Cc1noc(C)c1C(=O)N1CCS[C@@H](c2ccccc2F)CC1. The maximum Gasteiger partial charge on any atom is 0.259 e. The third-order valence-corrected chi connectivity index (χ3v) is 5.44. The second-order valence-corrected chi connectivity index (χ2v) is 6.97. The van der Waals surface area contributed by atoms with E-state index in [1.165, 1.54) is 6.07 Å². The van der Waals surface area contributed by atoms with Crippen molar-refractivity contribution < 1.29 is 13.7 Å². The van der Waals surface area contributed by atoms with Crippen LogP contribution in [0.4, 0.5) is 4.39 Å². The van der Waals surface area contributed by atoms with Gasteiger partial charge in [-0.2, -0.15) is 11.8 Å². The summed E-state index contributed by atoms with van der Waals surface area (Å²) in [4.78, 5) is 14.5. The summed E-state index contributed by atoms with van der Waals surface area (Å²) in [5.41, 5.74) is 1.90. The molecule has 0 N–H and O–H groups in total. The Morgan fingerprint density at radius 1 is 1.35 bits per heavy atom. The van der Waals surface area contributed by atoms with Crippen LogP contribution in [0.5, 0.6) is 0 Å². The van der Waals surface area contributed by atoms with Crippen LogP contribution < -0.4 is 0 Å². The fraction of sp³-hybridized carbons (Fsp3) is 0.412. The van der Waals surface area contributed by atoms with Crippen LogP contribution in [-0.2, 0) is 0 Å². The lowest BCUT2D eigenvalue weighted by molar-refractivity contribution is 0.0764. The zero-order valence-corrected chi connectivity index (χ0v) is 14.0. The molecule has 1 aliphatic rings. The Kier molecular flexibility index (Phi) is 4.71. The molecular weight excluding hydrogens is 315 g/mol. The maximum atomic E-state index is 14.0. The molecular formula is C17H19FN2O2S. The average molecular weight is 334 g/mol. The third-order valence-electron chi connectivity index (χ3n) is 4.13. The topological polar surface area (TPSA) is 46.3 Å². The van der Waals surface area contributed by atoms with Crippen molar-refractivity contribution in [3.63, 3.8) is 0 Å². The van der Waals surface area contributed by atoms with Gasteiger partial charge in [0.2, 0.25) is 0 Å². The summed E-state index contributed by atoms with van der Waals surface area (Å²) in [5, 5.41) is 3.93. The fourth-order valence-corrected chi connectivity index (χ4v) is 4.16. The molecule has 122 valence electrons. The monoisotopic (exact) mass is 334 g/mol. The van der Waals surface area contributed by atoms with E-state index in [1.807, 2.05) is 17.0 Å². The normalized spacial score (nSPS) is 18.7. The lowest BCUT2D eigenvalue weighted by Gasteiger charge is -2.20. The molecule has 1 amide bonds. The maximum absolute atomic E-state index is 14.0. The van der Waals surface area contributed by atoms with Gasteiger partial charge in [-0.05, 0) is 26.3 Å². The Labute approximate surface area is 139 Å². The van der Waals surface area contributed by atoms with Crippen molar-refractivity contribution in [1.82, 2.24) is 10.1 Å². The van der Waals surface area contributed by atoms with E-state index in [0.717, 1.165) is 17.7 Å². The van der Waals surface area contributed by atoms with Gasteiger partial charge in [-0.15, -0.1) is 0 Å². The number of nitrogens with zero attached hydrogens (tertiary/aromatic N) is 2. The van der Waals surface area contributed by atoms with Crippen molar-refractivity contribution >= 4 is 17.7 Å². The molecule has 0 aliphatic carbocycles. The molecule has 1 fully saturated rings. The number of aromatic nitrogens is 1. The number of carbonyl (C=O) groups is 1. The van der Waals surface area contributed by atoms with Gasteiger partial charge < -0.3 is 9.42 Å². The van der Waals surface area contributed by atoms with E-state index in [4.69, 9.17) is 4.52 Å². The number of hydrogen-bond acceptors (Lipinski definition) is 4. The highest BCUT2D eigenvalue weighted by atomic mass is 32.2. The summed E-state index contributed by atoms with van der Waals surface area (Å²) >= 11 is 1.71. The van der Waals surface area contributed by atoms with Crippen LogP contribution in [0.2, 0.25) is 0 Å². The minimum Gasteiger partial charge on any atom is -0.361 e. The smallest absolute Gasteiger partial charge is 0.259 e. The van der Waals surface area contributed by atoms with E-state index in [0.29, 0.717) is 30.1 Å². The number of carbonyl (C=O) groups excluding carboxylic acids is 1. The molecule has 1 aliphatic heterocycles. The predicted molar refractivity (Wildman–Crippen MR) is 88.1 cm³/mol. The van der Waals surface area contributed by atoms with Crippen LogP contribution in [-0.4, -0.2) is 34.8 Å². The van der Waals surface area contributed by atoms with Gasteiger partial charge in [0.25, 0.3) is 5.91 Å². The summed E-state index contributed by atoms with van der Waals surface area (Å²) in [6, 6.07) is 6.89. The van der Waals surface area contributed by atoms with Crippen molar-refractivity contribution in [3.05, 3.63) is 52.7 Å². The molecule has 3 rings (SSSR count). The summed E-state index contributed by atoms with van der Waals surface area (Å²) in [7, 11) is 0. The largest absolute Gasteiger partial charge is 0.361 e. The molecule has 2 heterocycles. The van der Waals surface area contributed by atoms with Gasteiger partial charge in [0.15, 0.2) is 0 Å². The quantitative estimate of drug-likeness (QED) is 0.839. The molecule has 1 saturated heterocycles. The zero-order chi connectivity index (χ0) is 16.4. The average Bonchev–Trinajstić information content (AvgIpc) is 2.75. The van der Waals surface area contributed by atoms with E-state index in [9.17, 15) is 9.18 Å². The molecule has 1 aromatic carbocycles. The van der Waals surface area contributed by atoms with Crippen LogP contribution >= 0.6 is 11.8 Å². The minimum absolute atomic E-state index is 0.0453. The van der Waals surface area contributed by atoms with Crippen molar-refractivity contribution in [2.24, 2.45) is 0 Å². The van der Waals surface area contributed by atoms with Gasteiger partial charge in [0.1, 0.15) is 17.1 Å². The predicted octanol–water partition coefficient (Wildman–Crippen LogP) is 3.75. The van der Waals surface area contributed by atoms with Crippen molar-refractivity contribution in [1.29, 1.82) is 0 Å². The summed E-state index contributed by atoms with van der Waals surface area (Å²) in [6.45, 7) is 4.79. The van der Waals surface area contributed by atoms with E-state index in [2.05, 4.69) is 5.16 Å². The van der Waals surface area contributed by atoms with Crippen molar-refractivity contribution in [3.8, 4) is 0 Å². The van der Waals surface area contributed by atoms with E-state index in [1.54, 1.807) is 31.7 Å². The van der Waals surface area contributed by atoms with E-state index < -0.39 is 0 Å². The number of benzene rings is 1. The first-order chi connectivity index (χ1) is 11.1. The fourth-order valence-electron chi connectivity index (χ4n) is 2.90. The molecule has 0 bridgehead atoms. The second-order valence-electron chi connectivity index (χ2n) is 5.66. The molecule has 1 aromatic heterocycles. The Hall–Kier alpha value is -1.82. The highest BCUT2D eigenvalue weighted by molar-refractivity contribution is 7.99. The van der Waals surface area contributed by atoms with Gasteiger partial charge in [-0.3, -0.25) is 4.79 Å². The lowest BCUT2D eigenvalue weighted by Crippen LogP contribution is -2.33. The Balaban J connectivity index is 1.74. The molecule has 0 saturated carbocycles. The molecule has 6 heteroatoms. The summed E-state index contributed by atoms with van der Waals surface area (Å²) in [5.74, 6) is 1.12. The second kappa shape index (κ2) is 6.74. The molecule has 0 unspecified atom stereocenters. The first kappa shape index (κ1) is 16.1. The number of aryl methyl sites for hydroxylation is 2. The molecule has 0 spiro atoms. The molecule has 23 heavy (non-hydrogen) atoms. The van der Waals surface area contributed by atoms with Crippen LogP contribution in [0.15, 0.2) is 28.8 Å². The van der Waals surface area contributed by atoms with Crippen molar-refractivity contribution in [2.45, 2.75) is 25.5 Å². The van der Waals surface area contributed by atoms with Crippen LogP contribution in [0, 0.1) is 19.7 Å². The van der Waals surface area contributed by atoms with Gasteiger partial charge in [0, 0.05) is 29.7 Å². The zero-order valence-electron chi connectivity index (χ0n) is 13.2. The molecule has 1 atom stereocenters. The number of rotatable bonds is 2. The van der Waals surface area contributed by atoms with Gasteiger partial charge >= 0.3 is 0 Å². The Bertz CT molecular complexity index is 697. The van der Waals surface area contributed by atoms with Crippen molar-refractivity contribution in [2.75, 3.05) is 18.8 Å². The summed E-state index contributed by atoms with van der Waals surface area (Å²) in [6.07, 6.45) is 0.737. The van der Waals surface area contributed by atoms with Gasteiger partial charge in [-0.25, -0.2) is 4.39 Å². The first-order valence-corrected chi connectivity index (χ1v) is 8.71. The van der Waals surface area contributed by atoms with Crippen LogP contribution in [0.3, 0.4) is 0 Å². The number of halogens is 1. The number of thioether (sulfide) groups is 1. The standard InChI is InChI=1S/C17H19FN2O2S/c1-11-16(12(2)22-19-11)17(21)20-8-7-15(23-10-9-20)13-5-3-4-6-14(13)18/h3-6,15H,7-10H2,1-2H3/t15-/m1/s1. The minimum atomic E-state index is -0.171. The van der Waals surface area contributed by atoms with E-state index >= 15 is 0 Å². The molecule has 4 nitrogen and oxygen atoms in total. The Morgan fingerprint density at radius 3 is 2.83 bits per heavy atom. The highest BCUT2D eigenvalue weighted by Crippen LogP contribution is 2.36. The number of hydrogen-bond donors (Lipinski definition) is 0. The molecule has 0 radical (unpaired) electrons. The number of amides is 1. The summed E-state index contributed by atoms with van der Waals surface area (Å²) < 4.78 is 19.1. The van der Waals surface area contributed by atoms with E-state index in [-0.39, 0.29) is 17.0 Å². The highest BCUT2D eigenvalue weighted by Gasteiger charge is 2.27. The Morgan fingerprint density at radius 2 is 2.13 bits per heavy atom. The lowest BCUT2D eigenvalue weighted by atomic mass is 10.1. The van der Waals surface area contributed by atoms with Crippen LogP contribution in [0.25, 0.3) is 0 Å². The van der Waals surface area contributed by atoms with Gasteiger partial charge in [0.05, 0.1) is 5.69 Å². The van der Waals surface area contributed by atoms with Gasteiger partial charge in [-0.1, -0.05) is 23.4 Å². The third kappa shape index (κ3) is 3.27. The first-order valence-electron chi connectivity index (χ1n) is 7.66. The van der Waals surface area contributed by atoms with Crippen LogP contribution in [0.1, 0.15) is 39.0 Å². The molecule has 2 aromatic rings.